The van der Waals surface area contributed by atoms with Crippen LogP contribution in [-0.2, 0) is 11.2 Å². The number of carbonyl (C=O) groups is 1. The molecule has 1 aromatic carbocycles. The van der Waals surface area contributed by atoms with Crippen LogP contribution in [0.4, 0.5) is 5.82 Å². The van der Waals surface area contributed by atoms with Gasteiger partial charge in [0.1, 0.15) is 5.82 Å². The second kappa shape index (κ2) is 6.80. The summed E-state index contributed by atoms with van der Waals surface area (Å²) in [6.07, 6.45) is 2.06. The van der Waals surface area contributed by atoms with E-state index >= 15 is 0 Å². The molecule has 0 bridgehead atoms. The first-order chi connectivity index (χ1) is 13.4. The molecule has 0 atom stereocenters. The number of aromatic amines is 2. The number of amides is 1. The quantitative estimate of drug-likeness (QED) is 0.508. The van der Waals surface area contributed by atoms with Crippen molar-refractivity contribution in [3.05, 3.63) is 69.4 Å². The van der Waals surface area contributed by atoms with Crippen molar-refractivity contribution < 1.29 is 4.79 Å². The van der Waals surface area contributed by atoms with Gasteiger partial charge in [-0.2, -0.15) is 9.78 Å². The molecule has 4 rings (SSSR count). The van der Waals surface area contributed by atoms with Gasteiger partial charge in [-0.1, -0.05) is 18.2 Å². The molecule has 8 nitrogen and oxygen atoms in total. The highest BCUT2D eigenvalue weighted by Gasteiger charge is 2.15. The molecule has 3 N–H and O–H groups in total. The smallest absolute Gasteiger partial charge is 0.255 e. The minimum absolute atomic E-state index is 0.183. The highest BCUT2D eigenvalue weighted by Crippen LogP contribution is 2.19. The molecule has 0 aliphatic carbocycles. The lowest BCUT2D eigenvalue weighted by molar-refractivity contribution is -0.115. The molecule has 0 radical (unpaired) electrons. The fraction of sp³-hybridized carbons (Fsp3) is 0.200. The summed E-state index contributed by atoms with van der Waals surface area (Å²) in [6.45, 7) is 5.29. The first kappa shape index (κ1) is 17.7. The van der Waals surface area contributed by atoms with E-state index in [0.717, 1.165) is 16.5 Å². The van der Waals surface area contributed by atoms with Crippen LogP contribution in [-0.4, -0.2) is 30.6 Å². The van der Waals surface area contributed by atoms with Gasteiger partial charge in [-0.25, -0.2) is 4.98 Å². The minimum Gasteiger partial charge on any atom is -0.361 e. The van der Waals surface area contributed by atoms with E-state index in [2.05, 4.69) is 25.4 Å². The summed E-state index contributed by atoms with van der Waals surface area (Å²) in [7, 11) is 0. The van der Waals surface area contributed by atoms with Gasteiger partial charge in [-0.3, -0.25) is 14.6 Å². The maximum atomic E-state index is 12.6. The first-order valence-corrected chi connectivity index (χ1v) is 8.92. The average molecular weight is 376 g/mol. The van der Waals surface area contributed by atoms with Crippen LogP contribution < -0.4 is 10.9 Å². The fourth-order valence-electron chi connectivity index (χ4n) is 3.12. The largest absolute Gasteiger partial charge is 0.361 e. The molecule has 28 heavy (non-hydrogen) atoms. The molecular formula is C20H20N6O2. The number of hydrogen-bond acceptors (Lipinski definition) is 4. The van der Waals surface area contributed by atoms with E-state index in [1.165, 1.54) is 4.68 Å². The van der Waals surface area contributed by atoms with Crippen LogP contribution in [0.5, 0.6) is 0 Å². The van der Waals surface area contributed by atoms with Crippen LogP contribution in [0, 0.1) is 20.8 Å². The van der Waals surface area contributed by atoms with E-state index in [4.69, 9.17) is 0 Å². The standard InChI is InChI=1S/C20H20N6O2/c1-11-8-17(26(25-11)20-22-13(3)12(2)19(28)24-20)23-18(27)9-14-10-21-16-7-5-4-6-15(14)16/h4-8,10,21H,9H2,1-3H3,(H,23,27)(H,22,24,28). The molecule has 0 aliphatic heterocycles. The first-order valence-electron chi connectivity index (χ1n) is 8.92. The number of benzene rings is 1. The summed E-state index contributed by atoms with van der Waals surface area (Å²) in [5.41, 5.74) is 3.53. The Balaban J connectivity index is 1.62. The molecule has 0 unspecified atom stereocenters. The molecule has 0 spiro atoms. The van der Waals surface area contributed by atoms with Gasteiger partial charge in [-0.15, -0.1) is 0 Å². The van der Waals surface area contributed by atoms with E-state index in [1.54, 1.807) is 19.9 Å². The summed E-state index contributed by atoms with van der Waals surface area (Å²) in [6, 6.07) is 9.57. The zero-order valence-electron chi connectivity index (χ0n) is 15.8. The second-order valence-electron chi connectivity index (χ2n) is 6.77. The predicted octanol–water partition coefficient (Wildman–Crippen LogP) is 2.54. The number of rotatable bonds is 4. The van der Waals surface area contributed by atoms with E-state index in [-0.39, 0.29) is 23.8 Å². The Morgan fingerprint density at radius 2 is 2.00 bits per heavy atom. The van der Waals surface area contributed by atoms with Crippen LogP contribution in [0.25, 0.3) is 16.9 Å². The molecule has 8 heteroatoms. The molecule has 0 aliphatic rings. The van der Waals surface area contributed by atoms with Crippen LogP contribution >= 0.6 is 0 Å². The van der Waals surface area contributed by atoms with Gasteiger partial charge in [-0.05, 0) is 32.4 Å². The number of anilines is 1. The van der Waals surface area contributed by atoms with Crippen molar-refractivity contribution >= 4 is 22.6 Å². The zero-order chi connectivity index (χ0) is 19.8. The Kier molecular flexibility index (Phi) is 4.31. The van der Waals surface area contributed by atoms with Gasteiger partial charge in [0.25, 0.3) is 5.56 Å². The van der Waals surface area contributed by atoms with Crippen molar-refractivity contribution in [1.82, 2.24) is 24.7 Å². The molecule has 1 amide bonds. The van der Waals surface area contributed by atoms with Crippen molar-refractivity contribution in [3.63, 3.8) is 0 Å². The number of aryl methyl sites for hydroxylation is 2. The van der Waals surface area contributed by atoms with Gasteiger partial charge >= 0.3 is 0 Å². The van der Waals surface area contributed by atoms with Gasteiger partial charge in [0, 0.05) is 34.4 Å². The third-order valence-corrected chi connectivity index (χ3v) is 4.71. The van der Waals surface area contributed by atoms with Crippen LogP contribution in [0.1, 0.15) is 22.5 Å². The molecule has 3 heterocycles. The highest BCUT2D eigenvalue weighted by molar-refractivity contribution is 5.95. The third kappa shape index (κ3) is 3.20. The van der Waals surface area contributed by atoms with Crippen molar-refractivity contribution in [3.8, 4) is 5.95 Å². The van der Waals surface area contributed by atoms with Gasteiger partial charge in [0.2, 0.25) is 11.9 Å². The molecular weight excluding hydrogens is 356 g/mol. The van der Waals surface area contributed by atoms with Gasteiger partial charge < -0.3 is 10.3 Å². The van der Waals surface area contributed by atoms with Gasteiger partial charge in [0.05, 0.1) is 12.1 Å². The minimum atomic E-state index is -0.230. The lowest BCUT2D eigenvalue weighted by atomic mass is 10.1. The van der Waals surface area contributed by atoms with Crippen LogP contribution in [0.15, 0.2) is 41.3 Å². The molecule has 142 valence electrons. The SMILES string of the molecule is Cc1cc(NC(=O)Cc2c[nH]c3ccccc23)n(-c2nc(C)c(C)c(=O)[nH]2)n1. The second-order valence-corrected chi connectivity index (χ2v) is 6.77. The number of fused-ring (bicyclic) bond motifs is 1. The Hall–Kier alpha value is -3.68. The summed E-state index contributed by atoms with van der Waals surface area (Å²) >= 11 is 0. The van der Waals surface area contributed by atoms with E-state index < -0.39 is 0 Å². The topological polar surface area (TPSA) is 108 Å². The number of carbonyl (C=O) groups excluding carboxylic acids is 1. The molecule has 0 saturated heterocycles. The third-order valence-electron chi connectivity index (χ3n) is 4.71. The molecule has 4 aromatic rings. The van der Waals surface area contributed by atoms with Crippen molar-refractivity contribution in [1.29, 1.82) is 0 Å². The molecule has 0 saturated carbocycles. The fourth-order valence-corrected chi connectivity index (χ4v) is 3.12. The summed E-state index contributed by atoms with van der Waals surface area (Å²) < 4.78 is 1.44. The Morgan fingerprint density at radius 1 is 1.21 bits per heavy atom. The highest BCUT2D eigenvalue weighted by atomic mass is 16.1. The number of aromatic nitrogens is 5. The maximum Gasteiger partial charge on any atom is 0.255 e. The number of para-hydroxylation sites is 1. The van der Waals surface area contributed by atoms with Crippen molar-refractivity contribution in [2.24, 2.45) is 0 Å². The van der Waals surface area contributed by atoms with E-state index in [9.17, 15) is 9.59 Å². The zero-order valence-corrected chi connectivity index (χ0v) is 15.8. The average Bonchev–Trinajstić information content (AvgIpc) is 3.23. The summed E-state index contributed by atoms with van der Waals surface area (Å²) in [5, 5.41) is 8.24. The normalized spacial score (nSPS) is 11.1. The molecule has 3 aromatic heterocycles. The summed E-state index contributed by atoms with van der Waals surface area (Å²) in [5.74, 6) is 0.537. The molecule has 0 fully saturated rings. The van der Waals surface area contributed by atoms with E-state index in [1.807, 2.05) is 37.4 Å². The Morgan fingerprint density at radius 3 is 2.79 bits per heavy atom. The van der Waals surface area contributed by atoms with Crippen molar-refractivity contribution in [2.75, 3.05) is 5.32 Å². The summed E-state index contributed by atoms with van der Waals surface area (Å²) in [4.78, 5) is 35.0. The maximum absolute atomic E-state index is 12.6. The lowest BCUT2D eigenvalue weighted by Crippen LogP contribution is -2.21. The number of hydrogen-bond donors (Lipinski definition) is 3. The van der Waals surface area contributed by atoms with Crippen molar-refractivity contribution in [2.45, 2.75) is 27.2 Å². The monoisotopic (exact) mass is 376 g/mol. The van der Waals surface area contributed by atoms with E-state index in [0.29, 0.717) is 22.8 Å². The number of nitrogens with one attached hydrogen (secondary N) is 3. The predicted molar refractivity (Wildman–Crippen MR) is 107 cm³/mol. The Labute approximate surface area is 160 Å². The van der Waals surface area contributed by atoms with Crippen LogP contribution in [0.3, 0.4) is 0 Å². The number of H-pyrrole nitrogens is 2. The van der Waals surface area contributed by atoms with Gasteiger partial charge in [0.15, 0.2) is 0 Å². The Bertz CT molecular complexity index is 1250. The lowest BCUT2D eigenvalue weighted by Gasteiger charge is -2.09. The van der Waals surface area contributed by atoms with Crippen LogP contribution in [0.2, 0.25) is 0 Å². The number of nitrogens with zero attached hydrogens (tertiary/aromatic N) is 3.